The molecule has 0 saturated carbocycles. The van der Waals surface area contributed by atoms with Crippen molar-refractivity contribution in [2.45, 2.75) is 26.3 Å². The minimum absolute atomic E-state index is 0.0280. The van der Waals surface area contributed by atoms with Gasteiger partial charge in [-0.3, -0.25) is 15.5 Å². The fourth-order valence-corrected chi connectivity index (χ4v) is 2.70. The molecule has 0 fully saturated rings. The van der Waals surface area contributed by atoms with Crippen molar-refractivity contribution in [1.82, 2.24) is 5.32 Å². The number of Topliss-reactive ketones (excluding diaryl/α,β-unsaturated/α-hetero) is 1. The van der Waals surface area contributed by atoms with E-state index in [1.54, 1.807) is 54.6 Å². The molecule has 2 aromatic carbocycles. The molecule has 28 heavy (non-hydrogen) atoms. The molecule has 0 aliphatic rings. The monoisotopic (exact) mass is 379 g/mol. The molecule has 4 N–H and O–H groups in total. The summed E-state index contributed by atoms with van der Waals surface area (Å²) in [7, 11) is 0. The molecule has 0 saturated heterocycles. The summed E-state index contributed by atoms with van der Waals surface area (Å²) in [6, 6.07) is 11.9. The minimum atomic E-state index is -0.687. The van der Waals surface area contributed by atoms with E-state index in [4.69, 9.17) is 0 Å². The minimum Gasteiger partial charge on any atom is -0.329 e. The van der Waals surface area contributed by atoms with Gasteiger partial charge in [0.1, 0.15) is 0 Å². The molecular formula is C22H25N3O3. The van der Waals surface area contributed by atoms with E-state index in [2.05, 4.69) is 22.7 Å². The van der Waals surface area contributed by atoms with Crippen molar-refractivity contribution < 1.29 is 14.8 Å². The van der Waals surface area contributed by atoms with Crippen LogP contribution in [0.25, 0.3) is 6.08 Å². The third-order valence-electron chi connectivity index (χ3n) is 4.26. The second kappa shape index (κ2) is 9.01. The van der Waals surface area contributed by atoms with Gasteiger partial charge in [0.2, 0.25) is 0 Å². The third kappa shape index (κ3) is 5.31. The summed E-state index contributed by atoms with van der Waals surface area (Å²) < 4.78 is 0. The highest BCUT2D eigenvalue weighted by atomic mass is 16.5. The molecule has 2 aromatic rings. The number of anilines is 2. The molecule has 0 aliphatic carbocycles. The van der Waals surface area contributed by atoms with E-state index in [0.717, 1.165) is 5.56 Å². The normalized spacial score (nSPS) is 11.1. The van der Waals surface area contributed by atoms with Crippen LogP contribution in [0.5, 0.6) is 0 Å². The van der Waals surface area contributed by atoms with Crippen LogP contribution in [0, 0.1) is 0 Å². The van der Waals surface area contributed by atoms with Crippen molar-refractivity contribution in [3.8, 4) is 0 Å². The highest BCUT2D eigenvalue weighted by molar-refractivity contribution is 5.94. The standard InChI is InChI=1S/C22H25N3O3/c1-5-6-8-17-14-19(11-12-20(17)25-28)23-21(27)24-22(3,4)18-10-7-9-16(13-18)15(2)26/h5-14,25,28H,1H2,2-4H3,(H2,23,24,27)/b8-6-. The molecule has 2 amide bonds. The Kier molecular flexibility index (Phi) is 6.74. The SMILES string of the molecule is C=C/C=C\c1cc(NC(=O)NC(C)(C)c2cccc(C(C)=O)c2)ccc1NO. The Labute approximate surface area is 164 Å². The van der Waals surface area contributed by atoms with Gasteiger partial charge in [-0.15, -0.1) is 0 Å². The van der Waals surface area contributed by atoms with E-state index in [9.17, 15) is 14.8 Å². The number of amides is 2. The number of hydrogen-bond donors (Lipinski definition) is 4. The lowest BCUT2D eigenvalue weighted by Gasteiger charge is -2.27. The van der Waals surface area contributed by atoms with E-state index in [0.29, 0.717) is 22.5 Å². The number of rotatable bonds is 7. The van der Waals surface area contributed by atoms with Gasteiger partial charge in [-0.05, 0) is 50.6 Å². The Morgan fingerprint density at radius 2 is 1.89 bits per heavy atom. The zero-order valence-corrected chi connectivity index (χ0v) is 16.2. The summed E-state index contributed by atoms with van der Waals surface area (Å²) in [5.74, 6) is -0.0280. The van der Waals surface area contributed by atoms with Crippen LogP contribution in [0.2, 0.25) is 0 Å². The molecular weight excluding hydrogens is 354 g/mol. The molecule has 0 spiro atoms. The van der Waals surface area contributed by atoms with Crippen LogP contribution in [-0.2, 0) is 5.54 Å². The van der Waals surface area contributed by atoms with Gasteiger partial charge >= 0.3 is 6.03 Å². The summed E-state index contributed by atoms with van der Waals surface area (Å²) in [6.45, 7) is 8.85. The molecule has 0 heterocycles. The first-order valence-corrected chi connectivity index (χ1v) is 8.80. The van der Waals surface area contributed by atoms with Gasteiger partial charge in [-0.1, -0.05) is 43.0 Å². The highest BCUT2D eigenvalue weighted by Gasteiger charge is 2.23. The van der Waals surface area contributed by atoms with Gasteiger partial charge in [-0.25, -0.2) is 4.79 Å². The number of carbonyl (C=O) groups is 2. The first-order valence-electron chi connectivity index (χ1n) is 8.80. The lowest BCUT2D eigenvalue weighted by Crippen LogP contribution is -2.43. The van der Waals surface area contributed by atoms with Crippen molar-refractivity contribution in [2.75, 3.05) is 10.8 Å². The largest absolute Gasteiger partial charge is 0.329 e. The topological polar surface area (TPSA) is 90.5 Å². The predicted molar refractivity (Wildman–Crippen MR) is 113 cm³/mol. The molecule has 0 bridgehead atoms. The number of nitrogens with one attached hydrogen (secondary N) is 3. The molecule has 6 nitrogen and oxygen atoms in total. The molecule has 0 atom stereocenters. The Morgan fingerprint density at radius 3 is 2.54 bits per heavy atom. The van der Waals surface area contributed by atoms with E-state index >= 15 is 0 Å². The van der Waals surface area contributed by atoms with Gasteiger partial charge in [0.15, 0.2) is 5.78 Å². The molecule has 0 aromatic heterocycles. The van der Waals surface area contributed by atoms with Gasteiger partial charge in [-0.2, -0.15) is 0 Å². The van der Waals surface area contributed by atoms with Crippen LogP contribution in [0.3, 0.4) is 0 Å². The first-order chi connectivity index (χ1) is 13.3. The summed E-state index contributed by atoms with van der Waals surface area (Å²) >= 11 is 0. The average molecular weight is 379 g/mol. The van der Waals surface area contributed by atoms with Crippen LogP contribution in [0.1, 0.15) is 42.3 Å². The summed E-state index contributed by atoms with van der Waals surface area (Å²) in [5, 5.41) is 14.9. The van der Waals surface area contributed by atoms with Crippen LogP contribution >= 0.6 is 0 Å². The Balaban J connectivity index is 2.16. The number of ketones is 1. The van der Waals surface area contributed by atoms with E-state index in [1.165, 1.54) is 6.92 Å². The molecule has 2 rings (SSSR count). The van der Waals surface area contributed by atoms with Crippen LogP contribution in [0.15, 0.2) is 61.2 Å². The number of allylic oxidation sites excluding steroid dienone is 2. The average Bonchev–Trinajstić information content (AvgIpc) is 2.66. The van der Waals surface area contributed by atoms with Crippen LogP contribution in [0.4, 0.5) is 16.2 Å². The van der Waals surface area contributed by atoms with Crippen molar-refractivity contribution >= 4 is 29.3 Å². The number of benzene rings is 2. The smallest absolute Gasteiger partial charge is 0.319 e. The maximum absolute atomic E-state index is 12.5. The molecule has 0 aliphatic heterocycles. The Morgan fingerprint density at radius 1 is 1.14 bits per heavy atom. The summed E-state index contributed by atoms with van der Waals surface area (Å²) in [5.41, 5.74) is 4.61. The third-order valence-corrected chi connectivity index (χ3v) is 4.26. The van der Waals surface area contributed by atoms with Crippen molar-refractivity contribution in [1.29, 1.82) is 0 Å². The maximum Gasteiger partial charge on any atom is 0.319 e. The molecule has 0 unspecified atom stereocenters. The van der Waals surface area contributed by atoms with Crippen LogP contribution in [-0.4, -0.2) is 17.0 Å². The Hall–Kier alpha value is -3.38. The fourth-order valence-electron chi connectivity index (χ4n) is 2.70. The quantitative estimate of drug-likeness (QED) is 0.311. The molecule has 6 heteroatoms. The number of carbonyl (C=O) groups excluding carboxylic acids is 2. The van der Waals surface area contributed by atoms with E-state index in [1.807, 2.05) is 19.9 Å². The van der Waals surface area contributed by atoms with Gasteiger partial charge in [0.25, 0.3) is 0 Å². The highest BCUT2D eigenvalue weighted by Crippen LogP contribution is 2.24. The molecule has 146 valence electrons. The van der Waals surface area contributed by atoms with Gasteiger partial charge < -0.3 is 10.6 Å². The number of hydrogen-bond acceptors (Lipinski definition) is 4. The van der Waals surface area contributed by atoms with Gasteiger partial charge in [0, 0.05) is 16.8 Å². The zero-order valence-electron chi connectivity index (χ0n) is 16.2. The second-order valence-corrected chi connectivity index (χ2v) is 6.85. The maximum atomic E-state index is 12.5. The van der Waals surface area contributed by atoms with Crippen molar-refractivity contribution in [3.05, 3.63) is 77.9 Å². The van der Waals surface area contributed by atoms with Crippen LogP contribution < -0.4 is 16.1 Å². The lowest BCUT2D eigenvalue weighted by molar-refractivity contribution is 0.101. The van der Waals surface area contributed by atoms with E-state index < -0.39 is 5.54 Å². The summed E-state index contributed by atoms with van der Waals surface area (Å²) in [4.78, 5) is 24.1. The Bertz CT molecular complexity index is 917. The zero-order chi connectivity index (χ0) is 20.7. The van der Waals surface area contributed by atoms with Gasteiger partial charge in [0.05, 0.1) is 11.2 Å². The van der Waals surface area contributed by atoms with E-state index in [-0.39, 0.29) is 11.8 Å². The van der Waals surface area contributed by atoms with Crippen molar-refractivity contribution in [3.63, 3.8) is 0 Å². The number of urea groups is 1. The fraction of sp³-hybridized carbons (Fsp3) is 0.182. The summed E-state index contributed by atoms with van der Waals surface area (Å²) in [6.07, 6.45) is 5.10. The predicted octanol–water partition coefficient (Wildman–Crippen LogP) is 4.95. The first kappa shape index (κ1) is 20.9. The lowest BCUT2D eigenvalue weighted by atomic mass is 9.92. The second-order valence-electron chi connectivity index (χ2n) is 6.85. The molecule has 0 radical (unpaired) electrons. The van der Waals surface area contributed by atoms with Crippen molar-refractivity contribution in [2.24, 2.45) is 0 Å².